The molecule has 1 aliphatic rings. The first-order chi connectivity index (χ1) is 16.4. The van der Waals surface area contributed by atoms with Crippen molar-refractivity contribution in [2.24, 2.45) is 0 Å². The highest BCUT2D eigenvalue weighted by Crippen LogP contribution is 2.25. The Morgan fingerprint density at radius 3 is 2.88 bits per heavy atom. The van der Waals surface area contributed by atoms with Crippen molar-refractivity contribution >= 4 is 34.4 Å². The van der Waals surface area contributed by atoms with E-state index in [-0.39, 0.29) is 36.2 Å². The smallest absolute Gasteiger partial charge is 0.294 e. The fourth-order valence-corrected chi connectivity index (χ4v) is 4.53. The minimum absolute atomic E-state index is 0.127. The number of aromatic amines is 1. The van der Waals surface area contributed by atoms with Crippen molar-refractivity contribution in [1.82, 2.24) is 24.8 Å². The molecule has 3 N–H and O–H groups in total. The lowest BCUT2D eigenvalue weighted by atomic mass is 10.1. The molecule has 0 aliphatic carbocycles. The average molecular weight is 481 g/mol. The van der Waals surface area contributed by atoms with E-state index in [1.54, 1.807) is 25.5 Å². The van der Waals surface area contributed by atoms with Crippen LogP contribution in [-0.2, 0) is 24.3 Å². The molecule has 0 unspecified atom stereocenters. The SMILES string of the molecule is Cc1cc(F)cc(CNc2ncc3n(c2=O)[C@H](C(=O)NCc2cnc4[nH]cc(Cl)c4c2)CC3)c1. The molecule has 1 amide bonds. The summed E-state index contributed by atoms with van der Waals surface area (Å²) in [5.41, 5.74) is 3.31. The van der Waals surface area contributed by atoms with E-state index in [9.17, 15) is 14.0 Å². The summed E-state index contributed by atoms with van der Waals surface area (Å²) in [6.45, 7) is 2.31. The summed E-state index contributed by atoms with van der Waals surface area (Å²) in [5.74, 6) is -0.457. The molecule has 0 spiro atoms. The van der Waals surface area contributed by atoms with Gasteiger partial charge in [-0.25, -0.2) is 14.4 Å². The van der Waals surface area contributed by atoms with Gasteiger partial charge in [0.15, 0.2) is 5.82 Å². The van der Waals surface area contributed by atoms with Crippen LogP contribution in [0.2, 0.25) is 5.02 Å². The van der Waals surface area contributed by atoms with Crippen LogP contribution in [0.1, 0.15) is 34.8 Å². The number of H-pyrrole nitrogens is 1. The predicted molar refractivity (Wildman–Crippen MR) is 127 cm³/mol. The number of carbonyl (C=O) groups is 1. The van der Waals surface area contributed by atoms with Crippen molar-refractivity contribution in [2.75, 3.05) is 5.32 Å². The van der Waals surface area contributed by atoms with Gasteiger partial charge in [-0.2, -0.15) is 0 Å². The molecule has 3 aromatic heterocycles. The number of amides is 1. The Kier molecular flexibility index (Phi) is 5.79. The highest BCUT2D eigenvalue weighted by atomic mass is 35.5. The number of hydrogen-bond donors (Lipinski definition) is 3. The zero-order chi connectivity index (χ0) is 23.8. The van der Waals surface area contributed by atoms with E-state index in [1.807, 2.05) is 12.1 Å². The third-order valence-electron chi connectivity index (χ3n) is 5.93. The van der Waals surface area contributed by atoms with Crippen LogP contribution < -0.4 is 16.2 Å². The van der Waals surface area contributed by atoms with Crippen LogP contribution in [0.25, 0.3) is 11.0 Å². The summed E-state index contributed by atoms with van der Waals surface area (Å²) in [5, 5.41) is 7.23. The summed E-state index contributed by atoms with van der Waals surface area (Å²) in [6.07, 6.45) is 6.04. The van der Waals surface area contributed by atoms with Gasteiger partial charge >= 0.3 is 0 Å². The van der Waals surface area contributed by atoms with Gasteiger partial charge in [-0.05, 0) is 54.7 Å². The molecular weight excluding hydrogens is 459 g/mol. The third-order valence-corrected chi connectivity index (χ3v) is 6.24. The molecule has 174 valence electrons. The van der Waals surface area contributed by atoms with Crippen LogP contribution in [0.5, 0.6) is 0 Å². The van der Waals surface area contributed by atoms with Crippen molar-refractivity contribution in [1.29, 1.82) is 0 Å². The summed E-state index contributed by atoms with van der Waals surface area (Å²) < 4.78 is 15.2. The first-order valence-corrected chi connectivity index (χ1v) is 11.3. The fourth-order valence-electron chi connectivity index (χ4n) is 4.33. The van der Waals surface area contributed by atoms with Crippen LogP contribution in [0, 0.1) is 12.7 Å². The molecule has 1 aliphatic heterocycles. The van der Waals surface area contributed by atoms with Gasteiger partial charge in [-0.1, -0.05) is 17.7 Å². The molecule has 0 saturated carbocycles. The minimum Gasteiger partial charge on any atom is -0.361 e. The zero-order valence-corrected chi connectivity index (χ0v) is 19.1. The second kappa shape index (κ2) is 8.90. The summed E-state index contributed by atoms with van der Waals surface area (Å²) >= 11 is 6.15. The molecule has 34 heavy (non-hydrogen) atoms. The highest BCUT2D eigenvalue weighted by Gasteiger charge is 2.30. The first kappa shape index (κ1) is 22.1. The molecule has 4 aromatic rings. The number of hydrogen-bond acceptors (Lipinski definition) is 5. The monoisotopic (exact) mass is 480 g/mol. The first-order valence-electron chi connectivity index (χ1n) is 10.9. The number of anilines is 1. The van der Waals surface area contributed by atoms with Gasteiger partial charge in [-0.15, -0.1) is 0 Å². The molecule has 0 bridgehead atoms. The molecule has 0 fully saturated rings. The molecule has 1 atom stereocenters. The Labute approximate surface area is 199 Å². The summed E-state index contributed by atoms with van der Waals surface area (Å²) in [4.78, 5) is 37.6. The Bertz CT molecular complexity index is 1440. The highest BCUT2D eigenvalue weighted by molar-refractivity contribution is 6.35. The van der Waals surface area contributed by atoms with E-state index in [4.69, 9.17) is 11.6 Å². The van der Waals surface area contributed by atoms with Gasteiger partial charge in [0.1, 0.15) is 17.5 Å². The fraction of sp³-hybridized carbons (Fsp3) is 0.250. The van der Waals surface area contributed by atoms with Gasteiger partial charge in [0.2, 0.25) is 5.91 Å². The maximum absolute atomic E-state index is 13.7. The molecule has 1 aromatic carbocycles. The Morgan fingerprint density at radius 2 is 2.06 bits per heavy atom. The Hall–Kier alpha value is -3.72. The molecule has 5 rings (SSSR count). The van der Waals surface area contributed by atoms with Gasteiger partial charge in [0, 0.05) is 42.8 Å². The lowest BCUT2D eigenvalue weighted by Crippen LogP contribution is -2.36. The van der Waals surface area contributed by atoms with Crippen molar-refractivity contribution in [3.05, 3.63) is 86.4 Å². The largest absolute Gasteiger partial charge is 0.361 e. The predicted octanol–water partition coefficient (Wildman–Crippen LogP) is 3.64. The quantitative estimate of drug-likeness (QED) is 0.391. The lowest BCUT2D eigenvalue weighted by Gasteiger charge is -2.16. The van der Waals surface area contributed by atoms with E-state index < -0.39 is 6.04 Å². The zero-order valence-electron chi connectivity index (χ0n) is 18.4. The van der Waals surface area contributed by atoms with Gasteiger partial charge < -0.3 is 15.6 Å². The molecule has 0 radical (unpaired) electrons. The normalized spacial score (nSPS) is 14.9. The third kappa shape index (κ3) is 4.26. The second-order valence-corrected chi connectivity index (χ2v) is 8.82. The lowest BCUT2D eigenvalue weighted by molar-refractivity contribution is -0.124. The van der Waals surface area contributed by atoms with E-state index in [2.05, 4.69) is 25.6 Å². The van der Waals surface area contributed by atoms with E-state index in [0.717, 1.165) is 16.5 Å². The number of nitrogens with one attached hydrogen (secondary N) is 3. The van der Waals surface area contributed by atoms with Crippen LogP contribution in [-0.4, -0.2) is 25.4 Å². The van der Waals surface area contributed by atoms with Crippen LogP contribution in [0.15, 0.2) is 47.7 Å². The number of carbonyl (C=O) groups excluding carboxylic acids is 1. The standard InChI is InChI=1S/C24H22ClFN6O2/c1-13-4-14(6-16(26)5-13)8-28-22-24(34)32-17(11-29-22)2-3-20(32)23(33)31-10-15-7-18-19(25)12-30-21(18)27-9-15/h4-7,9,11-12,20H,2-3,8,10H2,1H3,(H,27,30)(H,28,29)(H,31,33)/t20-/m0/s1. The summed E-state index contributed by atoms with van der Waals surface area (Å²) in [7, 11) is 0. The second-order valence-electron chi connectivity index (χ2n) is 8.41. The van der Waals surface area contributed by atoms with Gasteiger partial charge in [0.25, 0.3) is 5.56 Å². The number of fused-ring (bicyclic) bond motifs is 2. The van der Waals surface area contributed by atoms with E-state index >= 15 is 0 Å². The number of rotatable bonds is 6. The molecular formula is C24H22ClFN6O2. The van der Waals surface area contributed by atoms with Gasteiger partial charge in [-0.3, -0.25) is 14.2 Å². The van der Waals surface area contributed by atoms with E-state index in [1.165, 1.54) is 16.7 Å². The molecule has 8 nitrogen and oxygen atoms in total. The number of aryl methyl sites for hydroxylation is 2. The van der Waals surface area contributed by atoms with Gasteiger partial charge in [0.05, 0.1) is 5.02 Å². The topological polar surface area (TPSA) is 105 Å². The number of benzene rings is 1. The van der Waals surface area contributed by atoms with Crippen LogP contribution >= 0.6 is 11.6 Å². The van der Waals surface area contributed by atoms with Crippen molar-refractivity contribution in [3.8, 4) is 0 Å². The number of aromatic nitrogens is 4. The molecule has 0 saturated heterocycles. The van der Waals surface area contributed by atoms with Crippen molar-refractivity contribution in [3.63, 3.8) is 0 Å². The average Bonchev–Trinajstić information content (AvgIpc) is 3.41. The Morgan fingerprint density at radius 1 is 1.21 bits per heavy atom. The van der Waals surface area contributed by atoms with Crippen LogP contribution in [0.4, 0.5) is 10.2 Å². The van der Waals surface area contributed by atoms with Crippen molar-refractivity contribution < 1.29 is 9.18 Å². The maximum Gasteiger partial charge on any atom is 0.294 e. The molecule has 4 heterocycles. The number of pyridine rings is 1. The number of nitrogens with zero attached hydrogens (tertiary/aromatic N) is 3. The van der Waals surface area contributed by atoms with Crippen LogP contribution in [0.3, 0.4) is 0 Å². The minimum atomic E-state index is -0.630. The van der Waals surface area contributed by atoms with E-state index in [0.29, 0.717) is 34.8 Å². The maximum atomic E-state index is 13.7. The summed E-state index contributed by atoms with van der Waals surface area (Å²) in [6, 6.07) is 5.93. The number of halogens is 2. The Balaban J connectivity index is 1.30. The van der Waals surface area contributed by atoms with Crippen molar-refractivity contribution in [2.45, 2.75) is 38.9 Å². The molecule has 10 heteroatoms.